The first-order chi connectivity index (χ1) is 8.40. The monoisotopic (exact) mass is 278 g/mol. The van der Waals surface area contributed by atoms with Crippen molar-refractivity contribution in [2.45, 2.75) is 19.7 Å². The summed E-state index contributed by atoms with van der Waals surface area (Å²) in [6.45, 7) is 2.68. The fourth-order valence-electron chi connectivity index (χ4n) is 1.18. The number of benzene rings is 1. The molecule has 18 heavy (non-hydrogen) atoms. The van der Waals surface area contributed by atoms with E-state index < -0.39 is 6.36 Å². The van der Waals surface area contributed by atoms with Crippen LogP contribution in [0.4, 0.5) is 18.9 Å². The molecule has 0 fully saturated rings. The molecule has 0 spiro atoms. The van der Waals surface area contributed by atoms with Gasteiger partial charge in [0.25, 0.3) is 0 Å². The van der Waals surface area contributed by atoms with Crippen LogP contribution < -0.4 is 15.4 Å². The molecule has 0 aromatic heterocycles. The summed E-state index contributed by atoms with van der Waals surface area (Å²) in [5, 5.41) is 6.04. The minimum Gasteiger partial charge on any atom is -0.406 e. The molecule has 0 aliphatic carbocycles. The first kappa shape index (κ1) is 14.6. The number of rotatable bonds is 4. The van der Waals surface area contributed by atoms with Crippen molar-refractivity contribution in [2.75, 3.05) is 11.9 Å². The van der Waals surface area contributed by atoms with Gasteiger partial charge in [-0.2, -0.15) is 0 Å². The maximum atomic E-state index is 12.0. The van der Waals surface area contributed by atoms with Crippen molar-refractivity contribution in [3.05, 3.63) is 24.3 Å². The Kier molecular flexibility index (Phi) is 5.21. The molecule has 0 bridgehead atoms. The molecule has 1 aromatic rings. The predicted octanol–water partition coefficient (Wildman–Crippen LogP) is 3.28. The molecule has 0 saturated heterocycles. The lowest BCUT2D eigenvalue weighted by molar-refractivity contribution is -0.274. The van der Waals surface area contributed by atoms with Gasteiger partial charge >= 0.3 is 6.36 Å². The standard InChI is InChI=1S/C11H13F3N2OS/c1-2-6-15-10(18)16-8-4-3-5-9(7-8)17-11(12,13)14/h3-5,7H,2,6H2,1H3,(H2,15,16,18). The first-order valence-electron chi connectivity index (χ1n) is 5.31. The lowest BCUT2D eigenvalue weighted by atomic mass is 10.3. The third kappa shape index (κ3) is 5.72. The third-order valence-electron chi connectivity index (χ3n) is 1.86. The van der Waals surface area contributed by atoms with Crippen LogP contribution >= 0.6 is 12.2 Å². The number of halogens is 3. The van der Waals surface area contributed by atoms with E-state index in [0.717, 1.165) is 6.42 Å². The summed E-state index contributed by atoms with van der Waals surface area (Å²) >= 11 is 4.97. The highest BCUT2D eigenvalue weighted by molar-refractivity contribution is 7.80. The Bertz CT molecular complexity index is 410. The van der Waals surface area contributed by atoms with Crippen LogP contribution in [0.3, 0.4) is 0 Å². The van der Waals surface area contributed by atoms with Gasteiger partial charge in [-0.3, -0.25) is 0 Å². The van der Waals surface area contributed by atoms with Crippen molar-refractivity contribution in [3.8, 4) is 5.75 Å². The van der Waals surface area contributed by atoms with Crippen molar-refractivity contribution >= 4 is 23.0 Å². The van der Waals surface area contributed by atoms with E-state index in [2.05, 4.69) is 15.4 Å². The highest BCUT2D eigenvalue weighted by Crippen LogP contribution is 2.24. The minimum absolute atomic E-state index is 0.286. The molecule has 1 rings (SSSR count). The van der Waals surface area contributed by atoms with E-state index >= 15 is 0 Å². The number of nitrogens with one attached hydrogen (secondary N) is 2. The van der Waals surface area contributed by atoms with Crippen LogP contribution in [0.1, 0.15) is 13.3 Å². The molecule has 0 unspecified atom stereocenters. The number of thiocarbonyl (C=S) groups is 1. The fourth-order valence-corrected chi connectivity index (χ4v) is 1.40. The number of alkyl halides is 3. The highest BCUT2D eigenvalue weighted by Gasteiger charge is 2.31. The van der Waals surface area contributed by atoms with Gasteiger partial charge in [-0.1, -0.05) is 13.0 Å². The van der Waals surface area contributed by atoms with Gasteiger partial charge in [0.1, 0.15) is 5.75 Å². The molecule has 0 atom stereocenters. The topological polar surface area (TPSA) is 33.3 Å². The minimum atomic E-state index is -4.69. The Morgan fingerprint density at radius 1 is 1.39 bits per heavy atom. The number of ether oxygens (including phenoxy) is 1. The smallest absolute Gasteiger partial charge is 0.406 e. The molecule has 0 radical (unpaired) electrons. The van der Waals surface area contributed by atoms with Gasteiger partial charge in [-0.25, -0.2) is 0 Å². The Hall–Kier alpha value is -1.50. The van der Waals surface area contributed by atoms with Gasteiger partial charge in [-0.05, 0) is 30.8 Å². The van der Waals surface area contributed by atoms with Gasteiger partial charge in [-0.15, -0.1) is 13.2 Å². The molecular formula is C11H13F3N2OS. The van der Waals surface area contributed by atoms with Crippen molar-refractivity contribution in [3.63, 3.8) is 0 Å². The molecule has 0 amide bonds. The Labute approximate surface area is 108 Å². The van der Waals surface area contributed by atoms with E-state index in [1.165, 1.54) is 18.2 Å². The van der Waals surface area contributed by atoms with E-state index in [-0.39, 0.29) is 5.75 Å². The van der Waals surface area contributed by atoms with E-state index in [0.29, 0.717) is 17.3 Å². The maximum Gasteiger partial charge on any atom is 0.573 e. The van der Waals surface area contributed by atoms with Gasteiger partial charge < -0.3 is 15.4 Å². The summed E-state index contributed by atoms with van der Waals surface area (Å²) in [7, 11) is 0. The van der Waals surface area contributed by atoms with Crippen LogP contribution in [0.15, 0.2) is 24.3 Å². The van der Waals surface area contributed by atoms with Crippen LogP contribution in [0.2, 0.25) is 0 Å². The predicted molar refractivity (Wildman–Crippen MR) is 67.6 cm³/mol. The number of hydrogen-bond donors (Lipinski definition) is 2. The second kappa shape index (κ2) is 6.44. The van der Waals surface area contributed by atoms with Crippen LogP contribution in [0.25, 0.3) is 0 Å². The summed E-state index contributed by atoms with van der Waals surface area (Å²) < 4.78 is 39.9. The fraction of sp³-hybridized carbons (Fsp3) is 0.364. The Balaban J connectivity index is 2.62. The molecule has 100 valence electrons. The average molecular weight is 278 g/mol. The van der Waals surface area contributed by atoms with Gasteiger partial charge in [0.15, 0.2) is 5.11 Å². The Morgan fingerprint density at radius 2 is 2.11 bits per heavy atom. The average Bonchev–Trinajstić information content (AvgIpc) is 2.24. The summed E-state index contributed by atoms with van der Waals surface area (Å²) in [6.07, 6.45) is -3.79. The molecule has 0 heterocycles. The van der Waals surface area contributed by atoms with Crippen LogP contribution in [-0.4, -0.2) is 18.0 Å². The van der Waals surface area contributed by atoms with Crippen molar-refractivity contribution in [1.29, 1.82) is 0 Å². The largest absolute Gasteiger partial charge is 0.573 e. The van der Waals surface area contributed by atoms with E-state index in [1.54, 1.807) is 6.07 Å². The van der Waals surface area contributed by atoms with E-state index in [4.69, 9.17) is 12.2 Å². The van der Waals surface area contributed by atoms with Gasteiger partial charge in [0.2, 0.25) is 0 Å². The second-order valence-corrected chi connectivity index (χ2v) is 3.86. The van der Waals surface area contributed by atoms with Crippen LogP contribution in [-0.2, 0) is 0 Å². The zero-order valence-corrected chi connectivity index (χ0v) is 10.5. The molecule has 0 saturated carbocycles. The molecule has 3 nitrogen and oxygen atoms in total. The van der Waals surface area contributed by atoms with Gasteiger partial charge in [0, 0.05) is 18.3 Å². The zero-order valence-electron chi connectivity index (χ0n) is 9.67. The van der Waals surface area contributed by atoms with Gasteiger partial charge in [0.05, 0.1) is 0 Å². The molecule has 2 N–H and O–H groups in total. The number of hydrogen-bond acceptors (Lipinski definition) is 2. The SMILES string of the molecule is CCCNC(=S)Nc1cccc(OC(F)(F)F)c1. The van der Waals surface area contributed by atoms with Crippen molar-refractivity contribution in [1.82, 2.24) is 5.32 Å². The molecule has 0 aliphatic rings. The van der Waals surface area contributed by atoms with Crippen LogP contribution in [0, 0.1) is 0 Å². The molecule has 0 aliphatic heterocycles. The quantitative estimate of drug-likeness (QED) is 0.828. The number of anilines is 1. The summed E-state index contributed by atoms with van der Waals surface area (Å²) in [5.74, 6) is -0.286. The zero-order chi connectivity index (χ0) is 13.6. The maximum absolute atomic E-state index is 12.0. The molecular weight excluding hydrogens is 265 g/mol. The van der Waals surface area contributed by atoms with E-state index in [1.807, 2.05) is 6.92 Å². The summed E-state index contributed by atoms with van der Waals surface area (Å²) in [4.78, 5) is 0. The Morgan fingerprint density at radius 3 is 2.72 bits per heavy atom. The van der Waals surface area contributed by atoms with Crippen molar-refractivity contribution < 1.29 is 17.9 Å². The second-order valence-electron chi connectivity index (χ2n) is 3.46. The first-order valence-corrected chi connectivity index (χ1v) is 5.72. The summed E-state index contributed by atoms with van der Waals surface area (Å²) in [5.41, 5.74) is 0.436. The van der Waals surface area contributed by atoms with E-state index in [9.17, 15) is 13.2 Å². The lowest BCUT2D eigenvalue weighted by Crippen LogP contribution is -2.28. The summed E-state index contributed by atoms with van der Waals surface area (Å²) in [6, 6.07) is 5.50. The lowest BCUT2D eigenvalue weighted by Gasteiger charge is -2.12. The van der Waals surface area contributed by atoms with Crippen molar-refractivity contribution in [2.24, 2.45) is 0 Å². The normalized spacial score (nSPS) is 10.9. The highest BCUT2D eigenvalue weighted by atomic mass is 32.1. The van der Waals surface area contributed by atoms with Crippen LogP contribution in [0.5, 0.6) is 5.75 Å². The molecule has 1 aromatic carbocycles. The third-order valence-corrected chi connectivity index (χ3v) is 2.11. The molecule has 7 heteroatoms.